The average molecular weight is 372 g/mol. The first-order valence-corrected chi connectivity index (χ1v) is 10.7. The molecule has 1 aliphatic carbocycles. The SMILES string of the molecule is COCCn1c(CN2CC(C)OC(C)C2)cnc1S(=O)(=O)CC1CC1. The quantitative estimate of drug-likeness (QED) is 0.686. The second-order valence-electron chi connectivity index (χ2n) is 7.35. The maximum atomic E-state index is 12.7. The van der Waals surface area contributed by atoms with Gasteiger partial charge in [-0.2, -0.15) is 0 Å². The van der Waals surface area contributed by atoms with Crippen LogP contribution >= 0.6 is 0 Å². The van der Waals surface area contributed by atoms with Crippen LogP contribution in [0, 0.1) is 5.92 Å². The Balaban J connectivity index is 1.80. The van der Waals surface area contributed by atoms with Gasteiger partial charge in [0.25, 0.3) is 0 Å². The molecule has 3 rings (SSSR count). The molecular formula is C17H29N3O4S. The van der Waals surface area contributed by atoms with Gasteiger partial charge in [-0.15, -0.1) is 0 Å². The zero-order chi connectivity index (χ0) is 18.0. The summed E-state index contributed by atoms with van der Waals surface area (Å²) in [6, 6.07) is 0. The Morgan fingerprint density at radius 3 is 2.56 bits per heavy atom. The molecule has 1 aromatic heterocycles. The molecule has 2 aliphatic rings. The van der Waals surface area contributed by atoms with Crippen molar-refractivity contribution in [3.8, 4) is 0 Å². The number of ether oxygens (including phenoxy) is 2. The van der Waals surface area contributed by atoms with Crippen LogP contribution in [0.3, 0.4) is 0 Å². The van der Waals surface area contributed by atoms with Gasteiger partial charge >= 0.3 is 0 Å². The maximum Gasteiger partial charge on any atom is 0.227 e. The molecule has 1 saturated carbocycles. The number of methoxy groups -OCH3 is 1. The lowest BCUT2D eigenvalue weighted by molar-refractivity contribution is -0.0710. The molecule has 142 valence electrons. The van der Waals surface area contributed by atoms with Crippen LogP contribution in [0.15, 0.2) is 11.4 Å². The van der Waals surface area contributed by atoms with Gasteiger partial charge in [0.05, 0.1) is 36.5 Å². The minimum atomic E-state index is -3.35. The summed E-state index contributed by atoms with van der Waals surface area (Å²) in [5, 5.41) is 0.195. The Morgan fingerprint density at radius 2 is 1.96 bits per heavy atom. The van der Waals surface area contributed by atoms with E-state index in [-0.39, 0.29) is 23.1 Å². The third-order valence-corrected chi connectivity index (χ3v) is 6.52. The van der Waals surface area contributed by atoms with Gasteiger partial charge in [0, 0.05) is 33.3 Å². The third kappa shape index (κ3) is 4.81. The van der Waals surface area contributed by atoms with Crippen LogP contribution in [-0.4, -0.2) is 67.6 Å². The Morgan fingerprint density at radius 1 is 1.28 bits per heavy atom. The fourth-order valence-electron chi connectivity index (χ4n) is 3.50. The van der Waals surface area contributed by atoms with Crippen molar-refractivity contribution in [2.75, 3.05) is 32.6 Å². The molecule has 0 bridgehead atoms. The number of sulfone groups is 1. The number of rotatable bonds is 8. The molecule has 1 aromatic rings. The van der Waals surface area contributed by atoms with Gasteiger partial charge in [0.1, 0.15) is 0 Å². The van der Waals surface area contributed by atoms with E-state index >= 15 is 0 Å². The van der Waals surface area contributed by atoms with Crippen LogP contribution < -0.4 is 0 Å². The topological polar surface area (TPSA) is 73.7 Å². The number of nitrogens with zero attached hydrogens (tertiary/aromatic N) is 3. The van der Waals surface area contributed by atoms with Gasteiger partial charge in [-0.25, -0.2) is 13.4 Å². The van der Waals surface area contributed by atoms with Gasteiger partial charge < -0.3 is 14.0 Å². The predicted octanol–water partition coefficient (Wildman–Crippen LogP) is 1.32. The first-order chi connectivity index (χ1) is 11.9. The van der Waals surface area contributed by atoms with E-state index < -0.39 is 9.84 Å². The van der Waals surface area contributed by atoms with E-state index in [9.17, 15) is 8.42 Å². The molecule has 8 heteroatoms. The molecule has 2 fully saturated rings. The number of hydrogen-bond donors (Lipinski definition) is 0. The first-order valence-electron chi connectivity index (χ1n) is 9.03. The second kappa shape index (κ2) is 7.73. The first kappa shape index (κ1) is 18.8. The smallest absolute Gasteiger partial charge is 0.227 e. The summed E-state index contributed by atoms with van der Waals surface area (Å²) < 4.78 is 38.2. The maximum absolute atomic E-state index is 12.7. The number of morpholine rings is 1. The number of hydrogen-bond acceptors (Lipinski definition) is 6. The fourth-order valence-corrected chi connectivity index (χ4v) is 5.36. The molecule has 2 heterocycles. The van der Waals surface area contributed by atoms with Crippen LogP contribution in [0.4, 0.5) is 0 Å². The van der Waals surface area contributed by atoms with Gasteiger partial charge in [-0.3, -0.25) is 4.90 Å². The van der Waals surface area contributed by atoms with E-state index in [0.717, 1.165) is 31.6 Å². The lowest BCUT2D eigenvalue weighted by Gasteiger charge is -2.35. The molecule has 2 unspecified atom stereocenters. The van der Waals surface area contributed by atoms with Crippen molar-refractivity contribution in [2.45, 2.75) is 57.1 Å². The average Bonchev–Trinajstić information content (AvgIpc) is 3.22. The minimum absolute atomic E-state index is 0.178. The molecule has 0 aromatic carbocycles. The lowest BCUT2D eigenvalue weighted by atomic mass is 10.2. The summed E-state index contributed by atoms with van der Waals surface area (Å²) >= 11 is 0. The Hall–Kier alpha value is -0.960. The highest BCUT2D eigenvalue weighted by Crippen LogP contribution is 2.32. The van der Waals surface area contributed by atoms with Gasteiger partial charge in [-0.1, -0.05) is 0 Å². The summed E-state index contributed by atoms with van der Waals surface area (Å²) in [6.45, 7) is 7.44. The second-order valence-corrected chi connectivity index (χ2v) is 9.28. The van der Waals surface area contributed by atoms with Crippen molar-refractivity contribution < 1.29 is 17.9 Å². The summed E-state index contributed by atoms with van der Waals surface area (Å²) in [6.07, 6.45) is 4.08. The van der Waals surface area contributed by atoms with E-state index in [1.54, 1.807) is 13.3 Å². The van der Waals surface area contributed by atoms with Crippen molar-refractivity contribution in [3.63, 3.8) is 0 Å². The standard InChI is InChI=1S/C17H29N3O4S/c1-13-9-19(10-14(2)24-13)11-16-8-18-17(20(16)6-7-23-3)25(21,22)12-15-4-5-15/h8,13-15H,4-7,9-12H2,1-3H3. The fraction of sp³-hybridized carbons (Fsp3) is 0.824. The van der Waals surface area contributed by atoms with Gasteiger partial charge in [0.2, 0.25) is 15.0 Å². The Bertz CT molecular complexity index is 674. The molecule has 0 amide bonds. The van der Waals surface area contributed by atoms with Crippen molar-refractivity contribution in [1.82, 2.24) is 14.5 Å². The summed E-state index contributed by atoms with van der Waals surface area (Å²) in [4.78, 5) is 6.59. The van der Waals surface area contributed by atoms with Crippen LogP contribution in [0.1, 0.15) is 32.4 Å². The van der Waals surface area contributed by atoms with E-state index in [2.05, 4.69) is 23.7 Å². The molecule has 7 nitrogen and oxygen atoms in total. The summed E-state index contributed by atoms with van der Waals surface area (Å²) in [7, 11) is -1.72. The zero-order valence-corrected chi connectivity index (χ0v) is 16.2. The van der Waals surface area contributed by atoms with E-state index in [4.69, 9.17) is 9.47 Å². The number of aromatic nitrogens is 2. The molecule has 25 heavy (non-hydrogen) atoms. The van der Waals surface area contributed by atoms with Crippen molar-refractivity contribution in [3.05, 3.63) is 11.9 Å². The summed E-state index contributed by atoms with van der Waals surface area (Å²) in [5.74, 6) is 0.518. The van der Waals surface area contributed by atoms with Crippen LogP contribution in [0.2, 0.25) is 0 Å². The van der Waals surface area contributed by atoms with E-state index in [1.807, 2.05) is 4.57 Å². The highest BCUT2D eigenvalue weighted by molar-refractivity contribution is 7.91. The Labute approximate surface area is 150 Å². The van der Waals surface area contributed by atoms with Crippen molar-refractivity contribution >= 4 is 9.84 Å². The largest absolute Gasteiger partial charge is 0.383 e. The van der Waals surface area contributed by atoms with Gasteiger partial charge in [-0.05, 0) is 32.6 Å². The normalized spacial score (nSPS) is 25.4. The molecule has 0 radical (unpaired) electrons. The van der Waals surface area contributed by atoms with Crippen molar-refractivity contribution in [2.24, 2.45) is 5.92 Å². The van der Waals surface area contributed by atoms with Crippen LogP contribution in [-0.2, 0) is 32.4 Å². The highest BCUT2D eigenvalue weighted by Gasteiger charge is 2.33. The molecule has 0 N–H and O–H groups in total. The Kier molecular flexibility index (Phi) is 5.82. The lowest BCUT2D eigenvalue weighted by Crippen LogP contribution is -2.45. The minimum Gasteiger partial charge on any atom is -0.383 e. The van der Waals surface area contributed by atoms with Gasteiger partial charge in [0.15, 0.2) is 0 Å². The highest BCUT2D eigenvalue weighted by atomic mass is 32.2. The predicted molar refractivity (Wildman–Crippen MR) is 94.2 cm³/mol. The van der Waals surface area contributed by atoms with Crippen LogP contribution in [0.5, 0.6) is 0 Å². The van der Waals surface area contributed by atoms with Crippen LogP contribution in [0.25, 0.3) is 0 Å². The zero-order valence-electron chi connectivity index (χ0n) is 15.3. The van der Waals surface area contributed by atoms with Crippen molar-refractivity contribution in [1.29, 1.82) is 0 Å². The molecule has 0 spiro atoms. The molecular weight excluding hydrogens is 342 g/mol. The van der Waals surface area contributed by atoms with E-state index in [1.165, 1.54) is 0 Å². The van der Waals surface area contributed by atoms with E-state index in [0.29, 0.717) is 25.6 Å². The molecule has 2 atom stereocenters. The monoisotopic (exact) mass is 371 g/mol. The molecule has 1 saturated heterocycles. The third-order valence-electron chi connectivity index (χ3n) is 4.73. The number of imidazole rings is 1. The molecule has 1 aliphatic heterocycles. The summed E-state index contributed by atoms with van der Waals surface area (Å²) in [5.41, 5.74) is 0.924.